The Bertz CT molecular complexity index is 283. The second-order valence-corrected chi connectivity index (χ2v) is 4.39. The number of aliphatic hydroxyl groups is 1. The summed E-state index contributed by atoms with van der Waals surface area (Å²) < 4.78 is 0. The van der Waals surface area contributed by atoms with Crippen LogP contribution >= 0.6 is 22.9 Å². The standard InChI is InChI=1S/C8H11ClN2OS/c9-7-5-13-8(10-7)11-3-1-6(12)2-4-11/h5-6,12H,1-4H2. The first-order valence-corrected chi connectivity index (χ1v) is 5.55. The number of hydrogen-bond donors (Lipinski definition) is 1. The predicted octanol–water partition coefficient (Wildman–Crippen LogP) is 1.76. The van der Waals surface area contributed by atoms with Crippen molar-refractivity contribution < 1.29 is 5.11 Å². The summed E-state index contributed by atoms with van der Waals surface area (Å²) in [5.74, 6) is 0. The molecule has 2 rings (SSSR count). The summed E-state index contributed by atoms with van der Waals surface area (Å²) in [7, 11) is 0. The fraction of sp³-hybridized carbons (Fsp3) is 0.625. The maximum atomic E-state index is 9.31. The summed E-state index contributed by atoms with van der Waals surface area (Å²) in [6.45, 7) is 1.76. The number of nitrogens with zero attached hydrogens (tertiary/aromatic N) is 2. The van der Waals surface area contributed by atoms with Gasteiger partial charge in [-0.1, -0.05) is 11.6 Å². The first-order chi connectivity index (χ1) is 6.25. The van der Waals surface area contributed by atoms with E-state index < -0.39 is 0 Å². The second kappa shape index (κ2) is 3.82. The van der Waals surface area contributed by atoms with Crippen molar-refractivity contribution in [2.45, 2.75) is 18.9 Å². The summed E-state index contributed by atoms with van der Waals surface area (Å²) in [4.78, 5) is 6.36. The van der Waals surface area contributed by atoms with E-state index in [1.54, 1.807) is 11.3 Å². The van der Waals surface area contributed by atoms with Crippen LogP contribution in [0.2, 0.25) is 5.15 Å². The van der Waals surface area contributed by atoms with E-state index in [-0.39, 0.29) is 6.10 Å². The number of piperidine rings is 1. The Morgan fingerprint density at radius 2 is 2.23 bits per heavy atom. The highest BCUT2D eigenvalue weighted by molar-refractivity contribution is 7.14. The Morgan fingerprint density at radius 3 is 2.77 bits per heavy atom. The molecule has 2 heterocycles. The van der Waals surface area contributed by atoms with Gasteiger partial charge in [0, 0.05) is 18.5 Å². The lowest BCUT2D eigenvalue weighted by atomic mass is 10.1. The molecule has 72 valence electrons. The smallest absolute Gasteiger partial charge is 0.186 e. The van der Waals surface area contributed by atoms with Crippen LogP contribution in [0.4, 0.5) is 5.13 Å². The Balaban J connectivity index is 2.02. The van der Waals surface area contributed by atoms with Crippen LogP contribution < -0.4 is 4.90 Å². The van der Waals surface area contributed by atoms with E-state index >= 15 is 0 Å². The SMILES string of the molecule is OC1CCN(c2nc(Cl)cs2)CC1. The summed E-state index contributed by atoms with van der Waals surface area (Å²) >= 11 is 7.29. The highest BCUT2D eigenvalue weighted by Crippen LogP contribution is 2.25. The molecule has 0 aliphatic carbocycles. The quantitative estimate of drug-likeness (QED) is 0.781. The monoisotopic (exact) mass is 218 g/mol. The van der Waals surface area contributed by atoms with Crippen molar-refractivity contribution in [2.24, 2.45) is 0 Å². The van der Waals surface area contributed by atoms with Gasteiger partial charge in [-0.15, -0.1) is 11.3 Å². The summed E-state index contributed by atoms with van der Waals surface area (Å²) in [5, 5.41) is 12.7. The fourth-order valence-corrected chi connectivity index (χ4v) is 2.45. The Hall–Kier alpha value is -0.320. The molecular formula is C8H11ClN2OS. The summed E-state index contributed by atoms with van der Waals surface area (Å²) in [5.41, 5.74) is 0. The van der Waals surface area contributed by atoms with Crippen molar-refractivity contribution in [2.75, 3.05) is 18.0 Å². The van der Waals surface area contributed by atoms with Gasteiger partial charge < -0.3 is 10.0 Å². The van der Waals surface area contributed by atoms with E-state index in [4.69, 9.17) is 11.6 Å². The number of aliphatic hydroxyl groups excluding tert-OH is 1. The zero-order chi connectivity index (χ0) is 9.26. The molecule has 1 aromatic heterocycles. The van der Waals surface area contributed by atoms with E-state index in [0.717, 1.165) is 31.1 Å². The van der Waals surface area contributed by atoms with E-state index in [1.807, 2.05) is 5.38 Å². The van der Waals surface area contributed by atoms with Crippen LogP contribution in [0, 0.1) is 0 Å². The minimum atomic E-state index is -0.133. The van der Waals surface area contributed by atoms with Gasteiger partial charge in [0.15, 0.2) is 5.13 Å². The Labute approximate surface area is 86.0 Å². The molecular weight excluding hydrogens is 208 g/mol. The van der Waals surface area contributed by atoms with Crippen molar-refractivity contribution in [1.82, 2.24) is 4.98 Å². The molecule has 1 aliphatic rings. The van der Waals surface area contributed by atoms with Gasteiger partial charge in [0.2, 0.25) is 0 Å². The topological polar surface area (TPSA) is 36.4 Å². The number of thiazole rings is 1. The van der Waals surface area contributed by atoms with Crippen molar-refractivity contribution in [3.8, 4) is 0 Å². The Kier molecular flexibility index (Phi) is 2.71. The molecule has 1 N–H and O–H groups in total. The molecule has 3 nitrogen and oxygen atoms in total. The third-order valence-corrected chi connectivity index (χ3v) is 3.42. The second-order valence-electron chi connectivity index (χ2n) is 3.17. The average molecular weight is 219 g/mol. The van der Waals surface area contributed by atoms with Crippen LogP contribution in [0.25, 0.3) is 0 Å². The average Bonchev–Trinajstić information content (AvgIpc) is 2.53. The number of hydrogen-bond acceptors (Lipinski definition) is 4. The number of anilines is 1. The summed E-state index contributed by atoms with van der Waals surface area (Å²) in [6.07, 6.45) is 1.53. The van der Waals surface area contributed by atoms with Gasteiger partial charge in [0.05, 0.1) is 6.10 Å². The van der Waals surface area contributed by atoms with Gasteiger partial charge in [-0.2, -0.15) is 0 Å². The normalized spacial score (nSPS) is 19.4. The van der Waals surface area contributed by atoms with E-state index in [9.17, 15) is 5.11 Å². The first kappa shape index (κ1) is 9.24. The molecule has 1 saturated heterocycles. The van der Waals surface area contributed by atoms with Crippen LogP contribution in [0.3, 0.4) is 0 Å². The maximum Gasteiger partial charge on any atom is 0.186 e. The zero-order valence-corrected chi connectivity index (χ0v) is 8.68. The number of aromatic nitrogens is 1. The molecule has 0 spiro atoms. The van der Waals surface area contributed by atoms with Gasteiger partial charge in [0.25, 0.3) is 0 Å². The fourth-order valence-electron chi connectivity index (χ4n) is 1.45. The van der Waals surface area contributed by atoms with Crippen molar-refractivity contribution >= 4 is 28.1 Å². The molecule has 0 aromatic carbocycles. The Morgan fingerprint density at radius 1 is 1.54 bits per heavy atom. The van der Waals surface area contributed by atoms with Crippen molar-refractivity contribution in [3.05, 3.63) is 10.5 Å². The molecule has 0 atom stereocenters. The predicted molar refractivity (Wildman–Crippen MR) is 54.6 cm³/mol. The lowest BCUT2D eigenvalue weighted by Crippen LogP contribution is -2.35. The van der Waals surface area contributed by atoms with E-state index in [1.165, 1.54) is 0 Å². The minimum absolute atomic E-state index is 0.133. The lowest BCUT2D eigenvalue weighted by Gasteiger charge is -2.28. The lowest BCUT2D eigenvalue weighted by molar-refractivity contribution is 0.145. The van der Waals surface area contributed by atoms with E-state index in [2.05, 4.69) is 9.88 Å². The van der Waals surface area contributed by atoms with Crippen LogP contribution in [0.5, 0.6) is 0 Å². The van der Waals surface area contributed by atoms with Gasteiger partial charge in [-0.25, -0.2) is 4.98 Å². The zero-order valence-electron chi connectivity index (χ0n) is 7.11. The summed E-state index contributed by atoms with van der Waals surface area (Å²) in [6, 6.07) is 0. The van der Waals surface area contributed by atoms with Crippen LogP contribution in [-0.4, -0.2) is 29.3 Å². The molecule has 5 heteroatoms. The molecule has 1 aliphatic heterocycles. The van der Waals surface area contributed by atoms with E-state index in [0.29, 0.717) is 5.15 Å². The number of rotatable bonds is 1. The third-order valence-electron chi connectivity index (χ3n) is 2.20. The largest absolute Gasteiger partial charge is 0.393 e. The molecule has 0 amide bonds. The third kappa shape index (κ3) is 2.13. The molecule has 1 fully saturated rings. The van der Waals surface area contributed by atoms with Crippen LogP contribution in [0.15, 0.2) is 5.38 Å². The molecule has 0 bridgehead atoms. The molecule has 0 unspecified atom stereocenters. The van der Waals surface area contributed by atoms with Crippen molar-refractivity contribution in [1.29, 1.82) is 0 Å². The highest BCUT2D eigenvalue weighted by atomic mass is 35.5. The molecule has 1 aromatic rings. The molecule has 0 radical (unpaired) electrons. The van der Waals surface area contributed by atoms with Gasteiger partial charge >= 0.3 is 0 Å². The van der Waals surface area contributed by atoms with Crippen molar-refractivity contribution in [3.63, 3.8) is 0 Å². The van der Waals surface area contributed by atoms with Crippen LogP contribution in [0.1, 0.15) is 12.8 Å². The van der Waals surface area contributed by atoms with Gasteiger partial charge in [0.1, 0.15) is 5.15 Å². The highest BCUT2D eigenvalue weighted by Gasteiger charge is 2.18. The molecule has 0 saturated carbocycles. The number of halogens is 1. The maximum absolute atomic E-state index is 9.31. The van der Waals surface area contributed by atoms with Gasteiger partial charge in [-0.05, 0) is 12.8 Å². The first-order valence-electron chi connectivity index (χ1n) is 4.30. The minimum Gasteiger partial charge on any atom is -0.393 e. The van der Waals surface area contributed by atoms with Crippen LogP contribution in [-0.2, 0) is 0 Å². The van der Waals surface area contributed by atoms with Gasteiger partial charge in [-0.3, -0.25) is 0 Å². The molecule has 13 heavy (non-hydrogen) atoms.